The summed E-state index contributed by atoms with van der Waals surface area (Å²) in [6.45, 7) is 3.20. The second-order valence-electron chi connectivity index (χ2n) is 6.04. The molecule has 2 heteroatoms. The molecular weight excluding hydrogens is 244 g/mol. The van der Waals surface area contributed by atoms with Gasteiger partial charge in [0.05, 0.1) is 12.0 Å². The van der Waals surface area contributed by atoms with Crippen LogP contribution < -0.4 is 4.74 Å². The zero-order chi connectivity index (χ0) is 12.6. The molecule has 98 valence electrons. The third-order valence-corrected chi connectivity index (χ3v) is 5.36. The van der Waals surface area contributed by atoms with E-state index in [-0.39, 0.29) is 10.8 Å². The van der Waals surface area contributed by atoms with Gasteiger partial charge in [-0.25, -0.2) is 0 Å². The highest BCUT2D eigenvalue weighted by Gasteiger charge is 2.36. The molecule has 0 saturated heterocycles. The second kappa shape index (κ2) is 4.77. The number of hydrogen-bond donors (Lipinski definition) is 0. The fourth-order valence-corrected chi connectivity index (χ4v) is 3.73. The molecule has 1 nitrogen and oxygen atoms in total. The van der Waals surface area contributed by atoms with Crippen LogP contribution in [0.25, 0.3) is 0 Å². The third-order valence-electron chi connectivity index (χ3n) is 4.58. The van der Waals surface area contributed by atoms with Gasteiger partial charge in [-0.15, -0.1) is 11.6 Å². The van der Waals surface area contributed by atoms with E-state index in [1.165, 1.54) is 36.8 Å². The van der Waals surface area contributed by atoms with E-state index in [4.69, 9.17) is 16.3 Å². The zero-order valence-corrected chi connectivity index (χ0v) is 11.8. The predicted molar refractivity (Wildman–Crippen MR) is 75.4 cm³/mol. The molecule has 1 aliphatic carbocycles. The summed E-state index contributed by atoms with van der Waals surface area (Å²) in [5, 5.41) is 0.146. The van der Waals surface area contributed by atoms with Gasteiger partial charge in [0, 0.05) is 0 Å². The van der Waals surface area contributed by atoms with Gasteiger partial charge in [-0.1, -0.05) is 31.9 Å². The second-order valence-corrected chi connectivity index (χ2v) is 6.48. The molecule has 2 aliphatic rings. The minimum Gasteiger partial charge on any atom is -0.493 e. The molecule has 1 atom stereocenters. The van der Waals surface area contributed by atoms with E-state index in [1.807, 2.05) is 0 Å². The van der Waals surface area contributed by atoms with Crippen molar-refractivity contribution in [1.29, 1.82) is 0 Å². The summed E-state index contributed by atoms with van der Waals surface area (Å²) in [6, 6.07) is 6.54. The fourth-order valence-electron chi connectivity index (χ4n) is 3.38. The van der Waals surface area contributed by atoms with Gasteiger partial charge < -0.3 is 4.74 Å². The average molecular weight is 265 g/mol. The summed E-state index contributed by atoms with van der Waals surface area (Å²) in [5.41, 5.74) is 2.90. The molecule has 0 aromatic heterocycles. The van der Waals surface area contributed by atoms with Crippen LogP contribution in [0.4, 0.5) is 0 Å². The maximum atomic E-state index is 6.76. The van der Waals surface area contributed by atoms with Crippen LogP contribution >= 0.6 is 11.6 Å². The van der Waals surface area contributed by atoms with Crippen molar-refractivity contribution in [1.82, 2.24) is 0 Å². The highest BCUT2D eigenvalue weighted by Crippen LogP contribution is 2.51. The van der Waals surface area contributed by atoms with Crippen LogP contribution in [0.15, 0.2) is 18.2 Å². The van der Waals surface area contributed by atoms with Crippen molar-refractivity contribution in [2.75, 3.05) is 6.61 Å². The number of benzene rings is 1. The number of aryl methyl sites for hydroxylation is 1. The van der Waals surface area contributed by atoms with E-state index < -0.39 is 0 Å². The molecular formula is C16H21ClO. The largest absolute Gasteiger partial charge is 0.493 e. The van der Waals surface area contributed by atoms with Gasteiger partial charge in [0.2, 0.25) is 0 Å². The van der Waals surface area contributed by atoms with Gasteiger partial charge in [-0.3, -0.25) is 0 Å². The van der Waals surface area contributed by atoms with Crippen LogP contribution in [0.3, 0.4) is 0 Å². The van der Waals surface area contributed by atoms with Gasteiger partial charge in [0.15, 0.2) is 0 Å². The molecule has 1 heterocycles. The van der Waals surface area contributed by atoms with Gasteiger partial charge >= 0.3 is 0 Å². The number of halogens is 1. The van der Waals surface area contributed by atoms with Crippen molar-refractivity contribution in [2.45, 2.75) is 50.8 Å². The van der Waals surface area contributed by atoms with Crippen molar-refractivity contribution in [3.05, 3.63) is 29.3 Å². The first-order valence-corrected chi connectivity index (χ1v) is 7.52. The van der Waals surface area contributed by atoms with Gasteiger partial charge in [0.1, 0.15) is 5.75 Å². The van der Waals surface area contributed by atoms with Crippen LogP contribution in [-0.4, -0.2) is 6.61 Å². The molecule has 1 aromatic rings. The lowest BCUT2D eigenvalue weighted by Gasteiger charge is -2.30. The minimum atomic E-state index is 0.146. The molecule has 1 unspecified atom stereocenters. The molecule has 1 fully saturated rings. The molecule has 1 aromatic carbocycles. The lowest BCUT2D eigenvalue weighted by molar-refractivity contribution is 0.287. The van der Waals surface area contributed by atoms with Crippen LogP contribution in [0.5, 0.6) is 5.75 Å². The highest BCUT2D eigenvalue weighted by molar-refractivity contribution is 6.21. The lowest BCUT2D eigenvalue weighted by Crippen LogP contribution is -2.18. The molecule has 1 saturated carbocycles. The topological polar surface area (TPSA) is 9.23 Å². The Kier molecular flexibility index (Phi) is 3.27. The Morgan fingerprint density at radius 3 is 2.78 bits per heavy atom. The number of hydrogen-bond acceptors (Lipinski definition) is 1. The van der Waals surface area contributed by atoms with E-state index in [2.05, 4.69) is 25.1 Å². The molecule has 1 aliphatic heterocycles. The van der Waals surface area contributed by atoms with Crippen LogP contribution in [0.1, 0.15) is 55.5 Å². The quantitative estimate of drug-likeness (QED) is 0.693. The Bertz CT molecular complexity index is 435. The first kappa shape index (κ1) is 12.3. The molecule has 18 heavy (non-hydrogen) atoms. The predicted octanol–water partition coefficient (Wildman–Crippen LogP) is 4.87. The average Bonchev–Trinajstić information content (AvgIpc) is 2.85. The number of fused-ring (bicyclic) bond motifs is 1. The summed E-state index contributed by atoms with van der Waals surface area (Å²) in [4.78, 5) is 0. The Hall–Kier alpha value is -0.690. The molecule has 3 rings (SSSR count). The first-order chi connectivity index (χ1) is 8.69. The van der Waals surface area contributed by atoms with E-state index in [9.17, 15) is 0 Å². The molecule has 0 N–H and O–H groups in total. The summed E-state index contributed by atoms with van der Waals surface area (Å²) in [6.07, 6.45) is 7.43. The van der Waals surface area contributed by atoms with Crippen LogP contribution in [0.2, 0.25) is 0 Å². The van der Waals surface area contributed by atoms with Gasteiger partial charge in [-0.05, 0) is 48.3 Å². The van der Waals surface area contributed by atoms with Crippen molar-refractivity contribution in [2.24, 2.45) is 5.41 Å². The Balaban J connectivity index is 1.87. The van der Waals surface area contributed by atoms with Crippen molar-refractivity contribution in [3.63, 3.8) is 0 Å². The van der Waals surface area contributed by atoms with Crippen LogP contribution in [-0.2, 0) is 6.42 Å². The molecule has 0 amide bonds. The lowest BCUT2D eigenvalue weighted by atomic mass is 9.81. The minimum absolute atomic E-state index is 0.146. The summed E-state index contributed by atoms with van der Waals surface area (Å²) in [7, 11) is 0. The van der Waals surface area contributed by atoms with Crippen molar-refractivity contribution >= 4 is 11.6 Å². The number of rotatable bonds is 2. The van der Waals surface area contributed by atoms with Gasteiger partial charge in [-0.2, -0.15) is 0 Å². The van der Waals surface area contributed by atoms with Crippen LogP contribution in [0, 0.1) is 5.41 Å². The molecule has 0 bridgehead atoms. The zero-order valence-electron chi connectivity index (χ0n) is 11.0. The van der Waals surface area contributed by atoms with E-state index in [0.29, 0.717) is 0 Å². The van der Waals surface area contributed by atoms with Gasteiger partial charge in [0.25, 0.3) is 0 Å². The maximum Gasteiger partial charge on any atom is 0.122 e. The summed E-state index contributed by atoms with van der Waals surface area (Å²) >= 11 is 6.76. The third kappa shape index (κ3) is 2.14. The summed E-state index contributed by atoms with van der Waals surface area (Å²) in [5.74, 6) is 1.06. The Labute approximate surface area is 114 Å². The van der Waals surface area contributed by atoms with E-state index in [0.717, 1.165) is 25.2 Å². The maximum absolute atomic E-state index is 6.76. The normalized spacial score (nSPS) is 23.2. The Morgan fingerprint density at radius 2 is 2.00 bits per heavy atom. The smallest absolute Gasteiger partial charge is 0.122 e. The molecule has 0 spiro atoms. The van der Waals surface area contributed by atoms with Crippen molar-refractivity contribution < 1.29 is 4.74 Å². The highest BCUT2D eigenvalue weighted by atomic mass is 35.5. The number of alkyl halides is 1. The molecule has 0 radical (unpaired) electrons. The Morgan fingerprint density at radius 1 is 1.22 bits per heavy atom. The summed E-state index contributed by atoms with van der Waals surface area (Å²) < 4.78 is 5.67. The van der Waals surface area contributed by atoms with E-state index in [1.54, 1.807) is 0 Å². The van der Waals surface area contributed by atoms with Crippen molar-refractivity contribution in [3.8, 4) is 5.75 Å². The first-order valence-electron chi connectivity index (χ1n) is 7.09. The fraction of sp³-hybridized carbons (Fsp3) is 0.625. The number of ether oxygens (including phenoxy) is 1. The SMILES string of the molecule is CC1(C(Cl)c2ccc3c(c2)CCCO3)CCCC1. The van der Waals surface area contributed by atoms with E-state index >= 15 is 0 Å². The standard InChI is InChI=1S/C16H21ClO/c1-16(8-2-3-9-16)15(17)13-6-7-14-12(11-13)5-4-10-18-14/h6-7,11,15H,2-5,8-10H2,1H3. The monoisotopic (exact) mass is 264 g/mol.